The summed E-state index contributed by atoms with van der Waals surface area (Å²) >= 11 is 0. The smallest absolute Gasteiger partial charge is 0.410 e. The maximum atomic E-state index is 12.4. The first kappa shape index (κ1) is 30.3. The Labute approximate surface area is 238 Å². The first-order valence-corrected chi connectivity index (χ1v) is 15.7. The number of unbranched alkanes of at least 4 members (excludes halogenated alkanes) is 4. The van der Waals surface area contributed by atoms with Crippen molar-refractivity contribution in [2.45, 2.75) is 89.1 Å². The molecule has 2 aromatic carbocycles. The zero-order valence-corrected chi connectivity index (χ0v) is 24.6. The Morgan fingerprint density at radius 3 is 2.55 bits per heavy atom. The van der Waals surface area contributed by atoms with E-state index in [9.17, 15) is 13.2 Å². The molecule has 1 amide bonds. The highest BCUT2D eigenvalue weighted by Gasteiger charge is 2.33. The van der Waals surface area contributed by atoms with Gasteiger partial charge in [0.1, 0.15) is 11.9 Å². The number of ether oxygens (including phenoxy) is 4. The summed E-state index contributed by atoms with van der Waals surface area (Å²) in [5, 5.41) is 5.26. The van der Waals surface area contributed by atoms with Crippen LogP contribution in [0.3, 0.4) is 0 Å². The number of primary sulfonamides is 1. The number of fused-ring (bicyclic) bond motifs is 1. The van der Waals surface area contributed by atoms with Gasteiger partial charge in [-0.3, -0.25) is 0 Å². The van der Waals surface area contributed by atoms with E-state index in [0.29, 0.717) is 26.3 Å². The number of cyclic esters (lactones) is 1. The molecule has 1 fully saturated rings. The van der Waals surface area contributed by atoms with E-state index in [1.807, 2.05) is 45.0 Å². The molecule has 2 N–H and O–H groups in total. The van der Waals surface area contributed by atoms with Crippen molar-refractivity contribution in [2.24, 2.45) is 5.14 Å². The van der Waals surface area contributed by atoms with E-state index in [-0.39, 0.29) is 17.1 Å². The number of carbonyl (C=O) groups is 1. The maximum absolute atomic E-state index is 12.4. The molecule has 4 rings (SSSR count). The molecule has 0 aliphatic carbocycles. The normalized spacial score (nSPS) is 18.4. The highest BCUT2D eigenvalue weighted by Crippen LogP contribution is 2.35. The molecule has 0 radical (unpaired) electrons. The lowest BCUT2D eigenvalue weighted by atomic mass is 10.0. The average Bonchev–Trinajstić information content (AvgIpc) is 3.26. The Bertz CT molecular complexity index is 1280. The van der Waals surface area contributed by atoms with E-state index in [0.717, 1.165) is 79.6 Å². The van der Waals surface area contributed by atoms with Crippen LogP contribution in [0.15, 0.2) is 41.3 Å². The first-order chi connectivity index (χ1) is 19.0. The zero-order valence-electron chi connectivity index (χ0n) is 23.8. The molecule has 10 heteroatoms. The number of hydrogen-bond donors (Lipinski definition) is 1. The van der Waals surface area contributed by atoms with Gasteiger partial charge in [-0.15, -0.1) is 0 Å². The highest BCUT2D eigenvalue weighted by atomic mass is 32.2. The van der Waals surface area contributed by atoms with Crippen molar-refractivity contribution in [3.05, 3.63) is 58.7 Å². The van der Waals surface area contributed by atoms with Crippen LogP contribution < -0.4 is 9.88 Å². The minimum Gasteiger partial charge on any atom is -0.463 e. The van der Waals surface area contributed by atoms with Crippen molar-refractivity contribution in [2.75, 3.05) is 26.3 Å². The number of aryl methyl sites for hydroxylation is 2. The van der Waals surface area contributed by atoms with Gasteiger partial charge in [0.05, 0.1) is 18.0 Å². The van der Waals surface area contributed by atoms with Crippen LogP contribution in [-0.2, 0) is 37.3 Å². The van der Waals surface area contributed by atoms with Crippen LogP contribution in [0.25, 0.3) is 0 Å². The van der Waals surface area contributed by atoms with Crippen molar-refractivity contribution in [1.82, 2.24) is 4.90 Å². The van der Waals surface area contributed by atoms with Gasteiger partial charge >= 0.3 is 6.09 Å². The molecular formula is C30H42N2O7S. The van der Waals surface area contributed by atoms with Crippen molar-refractivity contribution < 1.29 is 32.2 Å². The molecule has 9 nitrogen and oxygen atoms in total. The van der Waals surface area contributed by atoms with Gasteiger partial charge in [0, 0.05) is 39.2 Å². The molecule has 40 heavy (non-hydrogen) atoms. The van der Waals surface area contributed by atoms with E-state index < -0.39 is 15.8 Å². The maximum Gasteiger partial charge on any atom is 0.410 e. The van der Waals surface area contributed by atoms with Crippen LogP contribution >= 0.6 is 0 Å². The van der Waals surface area contributed by atoms with Crippen LogP contribution in [-0.4, -0.2) is 51.5 Å². The monoisotopic (exact) mass is 574 g/mol. The van der Waals surface area contributed by atoms with Gasteiger partial charge in [0.25, 0.3) is 0 Å². The standard InChI is InChI=1S/C30H42N2O7S/c1-22-16-23(18-26(17-22)40(31,34)35)10-6-9-15-36-14-8-5-4-7-13-32-20-28(38-29(32)33)24-11-12-27-25(19-24)21-37-30(2,3)39-27/h11-12,16-19,28H,4-10,13-15,20-21H2,1-3H3,(H2,31,34,35)/t28-/m0/s1. The summed E-state index contributed by atoms with van der Waals surface area (Å²) < 4.78 is 46.2. The third-order valence-electron chi connectivity index (χ3n) is 7.18. The number of benzene rings is 2. The lowest BCUT2D eigenvalue weighted by Gasteiger charge is -2.32. The second-order valence-electron chi connectivity index (χ2n) is 11.2. The number of amides is 1. The number of rotatable bonds is 14. The fraction of sp³-hybridized carbons (Fsp3) is 0.567. The molecule has 0 aromatic heterocycles. The van der Waals surface area contributed by atoms with Crippen molar-refractivity contribution in [3.63, 3.8) is 0 Å². The zero-order chi connectivity index (χ0) is 28.8. The fourth-order valence-corrected chi connectivity index (χ4v) is 5.72. The number of nitrogens with two attached hydrogens (primary N) is 1. The summed E-state index contributed by atoms with van der Waals surface area (Å²) in [7, 11) is -3.69. The van der Waals surface area contributed by atoms with Crippen LogP contribution in [0, 0.1) is 6.92 Å². The molecule has 220 valence electrons. The quantitative estimate of drug-likeness (QED) is 0.301. The van der Waals surface area contributed by atoms with E-state index in [2.05, 4.69) is 0 Å². The van der Waals surface area contributed by atoms with Crippen LogP contribution in [0.2, 0.25) is 0 Å². The number of sulfonamides is 1. The fourth-order valence-electron chi connectivity index (χ4n) is 5.05. The molecule has 0 unspecified atom stereocenters. The number of hydrogen-bond acceptors (Lipinski definition) is 7. The summed E-state index contributed by atoms with van der Waals surface area (Å²) in [5.41, 5.74) is 3.81. The minimum atomic E-state index is -3.69. The van der Waals surface area contributed by atoms with Crippen LogP contribution in [0.1, 0.15) is 80.7 Å². The summed E-state index contributed by atoms with van der Waals surface area (Å²) in [6.07, 6.45) is 6.09. The van der Waals surface area contributed by atoms with Crippen molar-refractivity contribution >= 4 is 16.1 Å². The molecular weight excluding hydrogens is 532 g/mol. The number of carbonyl (C=O) groups excluding carboxylic acids is 1. The third-order valence-corrected chi connectivity index (χ3v) is 8.08. The molecule has 1 atom stereocenters. The Morgan fingerprint density at radius 1 is 1.02 bits per heavy atom. The Kier molecular flexibility index (Phi) is 10.1. The first-order valence-electron chi connectivity index (χ1n) is 14.1. The molecule has 2 heterocycles. The summed E-state index contributed by atoms with van der Waals surface area (Å²) in [6.45, 7) is 8.78. The second-order valence-corrected chi connectivity index (χ2v) is 12.7. The Hall–Kier alpha value is -2.66. The van der Waals surface area contributed by atoms with Gasteiger partial charge in [-0.1, -0.05) is 25.0 Å². The van der Waals surface area contributed by atoms with Gasteiger partial charge in [-0.05, 0) is 80.0 Å². The highest BCUT2D eigenvalue weighted by molar-refractivity contribution is 7.89. The SMILES string of the molecule is Cc1cc(CCCCOCCCCCCN2C[C@@H](c3ccc4c(c3)COC(C)(C)O4)OC2=O)cc(S(N)(=O)=O)c1. The van der Waals surface area contributed by atoms with Crippen molar-refractivity contribution in [1.29, 1.82) is 0 Å². The van der Waals surface area contributed by atoms with Gasteiger partial charge in [-0.2, -0.15) is 0 Å². The molecule has 0 spiro atoms. The Morgan fingerprint density at radius 2 is 1.77 bits per heavy atom. The molecule has 2 aliphatic heterocycles. The van der Waals surface area contributed by atoms with Gasteiger partial charge in [0.2, 0.25) is 15.8 Å². The third kappa shape index (κ3) is 8.67. The average molecular weight is 575 g/mol. The van der Waals surface area contributed by atoms with E-state index >= 15 is 0 Å². The molecule has 1 saturated heterocycles. The Balaban J connectivity index is 1.05. The predicted octanol–water partition coefficient (Wildman–Crippen LogP) is 5.38. The molecule has 2 aromatic rings. The summed E-state index contributed by atoms with van der Waals surface area (Å²) in [5.74, 6) is 0.180. The molecule has 0 saturated carbocycles. The van der Waals surface area contributed by atoms with Crippen LogP contribution in [0.5, 0.6) is 5.75 Å². The van der Waals surface area contributed by atoms with Gasteiger partial charge in [0.15, 0.2) is 0 Å². The largest absolute Gasteiger partial charge is 0.463 e. The lowest BCUT2D eigenvalue weighted by molar-refractivity contribution is -0.180. The van der Waals surface area contributed by atoms with Gasteiger partial charge in [-0.25, -0.2) is 18.4 Å². The number of nitrogens with zero attached hydrogens (tertiary/aromatic N) is 1. The molecule has 0 bridgehead atoms. The predicted molar refractivity (Wildman–Crippen MR) is 152 cm³/mol. The van der Waals surface area contributed by atoms with E-state index in [1.165, 1.54) is 0 Å². The topological polar surface area (TPSA) is 117 Å². The second kappa shape index (κ2) is 13.3. The lowest BCUT2D eigenvalue weighted by Crippen LogP contribution is -2.35. The summed E-state index contributed by atoms with van der Waals surface area (Å²) in [4.78, 5) is 14.4. The van der Waals surface area contributed by atoms with E-state index in [4.69, 9.17) is 24.1 Å². The van der Waals surface area contributed by atoms with Crippen LogP contribution in [0.4, 0.5) is 4.79 Å². The molecule has 2 aliphatic rings. The van der Waals surface area contributed by atoms with Gasteiger partial charge < -0.3 is 23.8 Å². The van der Waals surface area contributed by atoms with E-state index in [1.54, 1.807) is 17.0 Å². The minimum absolute atomic E-state index is 0.171. The summed E-state index contributed by atoms with van der Waals surface area (Å²) in [6, 6.07) is 11.2. The van der Waals surface area contributed by atoms with Crippen molar-refractivity contribution in [3.8, 4) is 5.75 Å².